The molecule has 0 amide bonds. The van der Waals surface area contributed by atoms with Crippen LogP contribution in [0.1, 0.15) is 0 Å². The highest BCUT2D eigenvalue weighted by atomic mass is 15.1. The maximum atomic E-state index is 5.12. The van der Waals surface area contributed by atoms with Gasteiger partial charge < -0.3 is 9.13 Å². The number of hydrogen-bond acceptors (Lipinski definition) is 5. The normalized spacial score (nSPS) is 11.6. The van der Waals surface area contributed by atoms with E-state index in [9.17, 15) is 0 Å². The molecule has 5 heterocycles. The smallest absolute Gasteiger partial charge is 0.166 e. The van der Waals surface area contributed by atoms with Gasteiger partial charge in [0, 0.05) is 68.7 Å². The third-order valence-electron chi connectivity index (χ3n) is 9.36. The second kappa shape index (κ2) is 11.3. The van der Waals surface area contributed by atoms with E-state index in [4.69, 9.17) is 15.0 Å². The van der Waals surface area contributed by atoms with Crippen molar-refractivity contribution in [3.05, 3.63) is 164 Å². The van der Waals surface area contributed by atoms with Crippen LogP contribution in [0.4, 0.5) is 0 Å². The number of fused-ring (bicyclic) bond motifs is 6. The van der Waals surface area contributed by atoms with Gasteiger partial charge >= 0.3 is 0 Å². The molecule has 0 aliphatic heterocycles. The van der Waals surface area contributed by atoms with Gasteiger partial charge in [0.15, 0.2) is 17.5 Å². The molecule has 5 aromatic carbocycles. The number of rotatable bonds is 5. The number of hydrogen-bond donors (Lipinski definition) is 0. The van der Waals surface area contributed by atoms with Crippen molar-refractivity contribution in [2.45, 2.75) is 0 Å². The van der Waals surface area contributed by atoms with Gasteiger partial charge in [-0.15, -0.1) is 0 Å². The average molecular weight is 642 g/mol. The summed E-state index contributed by atoms with van der Waals surface area (Å²) < 4.78 is 4.69. The summed E-state index contributed by atoms with van der Waals surface area (Å²) in [6.45, 7) is 0. The molecule has 0 spiro atoms. The monoisotopic (exact) mass is 641 g/mol. The summed E-state index contributed by atoms with van der Waals surface area (Å²) in [4.78, 5) is 23.9. The lowest BCUT2D eigenvalue weighted by Crippen LogP contribution is -2.05. The van der Waals surface area contributed by atoms with E-state index in [1.165, 1.54) is 21.5 Å². The zero-order valence-electron chi connectivity index (χ0n) is 26.7. The van der Waals surface area contributed by atoms with Crippen molar-refractivity contribution in [2.24, 2.45) is 0 Å². The van der Waals surface area contributed by atoms with E-state index >= 15 is 0 Å². The van der Waals surface area contributed by atoms with Crippen LogP contribution >= 0.6 is 0 Å². The topological polar surface area (TPSA) is 74.3 Å². The number of pyridine rings is 2. The Kier molecular flexibility index (Phi) is 6.35. The Hall–Kier alpha value is -6.99. The van der Waals surface area contributed by atoms with Gasteiger partial charge in [-0.1, -0.05) is 72.8 Å². The quantitative estimate of drug-likeness (QED) is 0.187. The van der Waals surface area contributed by atoms with Gasteiger partial charge in [-0.2, -0.15) is 0 Å². The first-order valence-corrected chi connectivity index (χ1v) is 16.5. The van der Waals surface area contributed by atoms with E-state index in [0.717, 1.165) is 50.1 Å². The summed E-state index contributed by atoms with van der Waals surface area (Å²) in [5.41, 5.74) is 8.98. The third kappa shape index (κ3) is 4.41. The van der Waals surface area contributed by atoms with E-state index in [1.54, 1.807) is 24.8 Å². The van der Waals surface area contributed by atoms with E-state index in [-0.39, 0.29) is 0 Å². The first kappa shape index (κ1) is 28.1. The van der Waals surface area contributed by atoms with Crippen molar-refractivity contribution in [3.8, 4) is 45.5 Å². The first-order chi connectivity index (χ1) is 24.8. The highest BCUT2D eigenvalue weighted by molar-refractivity contribution is 6.11. The number of benzene rings is 5. The first-order valence-electron chi connectivity index (χ1n) is 16.5. The zero-order chi connectivity index (χ0) is 33.0. The molecular formula is C43H27N7. The molecule has 0 saturated carbocycles. The molecule has 234 valence electrons. The Morgan fingerprint density at radius 1 is 0.380 bits per heavy atom. The minimum absolute atomic E-state index is 0.543. The SMILES string of the molecule is c1cncc(-c2nc(-c3cccnc3)nc(-c3ccc(-n4c5ccccc5c5ccccc54)cc3-n3c4ccccc4c4ccccc43)n2)c1. The van der Waals surface area contributed by atoms with Crippen molar-refractivity contribution >= 4 is 43.6 Å². The van der Waals surface area contributed by atoms with Crippen LogP contribution < -0.4 is 0 Å². The Balaban J connectivity index is 1.31. The van der Waals surface area contributed by atoms with Gasteiger partial charge in [-0.25, -0.2) is 15.0 Å². The summed E-state index contributed by atoms with van der Waals surface area (Å²) in [6, 6.07) is 48.6. The fourth-order valence-corrected chi connectivity index (χ4v) is 7.16. The fourth-order valence-electron chi connectivity index (χ4n) is 7.16. The van der Waals surface area contributed by atoms with Crippen LogP contribution in [0.2, 0.25) is 0 Å². The lowest BCUT2D eigenvalue weighted by molar-refractivity contribution is 1.06. The summed E-state index contributed by atoms with van der Waals surface area (Å²) in [5.74, 6) is 1.64. The molecule has 0 bridgehead atoms. The molecule has 0 saturated heterocycles. The van der Waals surface area contributed by atoms with Gasteiger partial charge in [0.1, 0.15) is 0 Å². The molecule has 0 aliphatic carbocycles. The van der Waals surface area contributed by atoms with Gasteiger partial charge in [0.05, 0.1) is 27.8 Å². The molecule has 10 aromatic rings. The lowest BCUT2D eigenvalue weighted by atomic mass is 10.1. The van der Waals surface area contributed by atoms with Crippen LogP contribution in [0.5, 0.6) is 0 Å². The average Bonchev–Trinajstić information content (AvgIpc) is 3.71. The molecule has 10 rings (SSSR count). The minimum Gasteiger partial charge on any atom is -0.309 e. The van der Waals surface area contributed by atoms with Crippen LogP contribution in [0.25, 0.3) is 89.2 Å². The van der Waals surface area contributed by atoms with Crippen LogP contribution in [0.15, 0.2) is 164 Å². The number of nitrogens with zero attached hydrogens (tertiary/aromatic N) is 7. The Bertz CT molecular complexity index is 2710. The van der Waals surface area contributed by atoms with Gasteiger partial charge in [-0.3, -0.25) is 9.97 Å². The molecule has 7 heteroatoms. The molecule has 7 nitrogen and oxygen atoms in total. The van der Waals surface area contributed by atoms with Gasteiger partial charge in [-0.05, 0) is 66.7 Å². The van der Waals surface area contributed by atoms with Crippen molar-refractivity contribution in [3.63, 3.8) is 0 Å². The van der Waals surface area contributed by atoms with E-state index in [0.29, 0.717) is 17.5 Å². The summed E-state index contributed by atoms with van der Waals surface area (Å²) in [7, 11) is 0. The van der Waals surface area contributed by atoms with Crippen molar-refractivity contribution in [2.75, 3.05) is 0 Å². The minimum atomic E-state index is 0.543. The van der Waals surface area contributed by atoms with Crippen LogP contribution in [-0.4, -0.2) is 34.1 Å². The van der Waals surface area contributed by atoms with Crippen molar-refractivity contribution in [1.29, 1.82) is 0 Å². The van der Waals surface area contributed by atoms with Gasteiger partial charge in [0.25, 0.3) is 0 Å². The summed E-state index contributed by atoms with van der Waals surface area (Å²) >= 11 is 0. The highest BCUT2D eigenvalue weighted by Crippen LogP contribution is 2.39. The van der Waals surface area contributed by atoms with E-state index in [2.05, 4.69) is 134 Å². The fraction of sp³-hybridized carbons (Fsp3) is 0. The van der Waals surface area contributed by atoms with Crippen LogP contribution in [0, 0.1) is 0 Å². The predicted molar refractivity (Wildman–Crippen MR) is 200 cm³/mol. The maximum Gasteiger partial charge on any atom is 0.166 e. The standard InChI is InChI=1S/C43H27N7/c1-5-17-36-31(13-1)32-14-2-6-18-37(32)49(36)30-21-22-35(40(25-30)50-38-19-7-3-15-33(38)34-16-4-8-20-39(34)50)43-47-41(28-11-9-23-44-26-28)46-42(48-43)29-12-10-24-45-27-29/h1-27H. The van der Waals surface area contributed by atoms with Crippen LogP contribution in [-0.2, 0) is 0 Å². The molecule has 0 N–H and O–H groups in total. The summed E-state index contributed by atoms with van der Waals surface area (Å²) in [6.07, 6.45) is 7.07. The maximum absolute atomic E-state index is 5.12. The molecule has 0 unspecified atom stereocenters. The molecule has 0 atom stereocenters. The number of para-hydroxylation sites is 4. The van der Waals surface area contributed by atoms with E-state index in [1.807, 2.05) is 24.3 Å². The molecule has 50 heavy (non-hydrogen) atoms. The molecule has 5 aromatic heterocycles. The largest absolute Gasteiger partial charge is 0.309 e. The molecule has 0 radical (unpaired) electrons. The van der Waals surface area contributed by atoms with Gasteiger partial charge in [0.2, 0.25) is 0 Å². The highest BCUT2D eigenvalue weighted by Gasteiger charge is 2.21. The Labute approximate surface area is 286 Å². The van der Waals surface area contributed by atoms with Crippen LogP contribution in [0.3, 0.4) is 0 Å². The van der Waals surface area contributed by atoms with Crippen molar-refractivity contribution < 1.29 is 0 Å². The number of aromatic nitrogens is 7. The Morgan fingerprint density at radius 2 is 0.820 bits per heavy atom. The molecular weight excluding hydrogens is 615 g/mol. The lowest BCUT2D eigenvalue weighted by Gasteiger charge is -2.17. The second-order valence-electron chi connectivity index (χ2n) is 12.2. The zero-order valence-corrected chi connectivity index (χ0v) is 26.7. The Morgan fingerprint density at radius 3 is 1.28 bits per heavy atom. The van der Waals surface area contributed by atoms with Crippen molar-refractivity contribution in [1.82, 2.24) is 34.1 Å². The molecule has 0 aliphatic rings. The summed E-state index contributed by atoms with van der Waals surface area (Å²) in [5, 5.41) is 4.79. The predicted octanol–water partition coefficient (Wildman–Crippen LogP) is 9.86. The third-order valence-corrected chi connectivity index (χ3v) is 9.36. The second-order valence-corrected chi connectivity index (χ2v) is 12.2. The van der Waals surface area contributed by atoms with E-state index < -0.39 is 0 Å². The molecule has 0 fully saturated rings.